The van der Waals surface area contributed by atoms with E-state index < -0.39 is 11.8 Å². The van der Waals surface area contributed by atoms with E-state index >= 15 is 0 Å². The van der Waals surface area contributed by atoms with Crippen molar-refractivity contribution >= 4 is 17.7 Å². The Bertz CT molecular complexity index is 1140. The molecular weight excluding hydrogens is 403 g/mol. The summed E-state index contributed by atoms with van der Waals surface area (Å²) in [4.78, 5) is 16.3. The number of hydrogen-bond acceptors (Lipinski definition) is 6. The molecule has 0 amide bonds. The first-order valence-corrected chi connectivity index (χ1v) is 10.1. The van der Waals surface area contributed by atoms with Crippen LogP contribution in [0.1, 0.15) is 5.56 Å². The zero-order valence-electron chi connectivity index (χ0n) is 15.8. The molecule has 2 heterocycles. The number of benzene rings is 2. The van der Waals surface area contributed by atoms with Gasteiger partial charge in [0.2, 0.25) is 0 Å². The van der Waals surface area contributed by atoms with E-state index in [1.165, 1.54) is 6.07 Å². The predicted molar refractivity (Wildman–Crippen MR) is 112 cm³/mol. The molecule has 2 aromatic heterocycles. The van der Waals surface area contributed by atoms with Gasteiger partial charge in [0.1, 0.15) is 12.4 Å². The Morgan fingerprint density at radius 1 is 1.00 bits per heavy atom. The molecule has 0 radical (unpaired) electrons. The van der Waals surface area contributed by atoms with Gasteiger partial charge in [0, 0.05) is 18.0 Å². The average molecular weight is 420 g/mol. The molecule has 0 fully saturated rings. The highest BCUT2D eigenvalue weighted by Gasteiger charge is 2.19. The van der Waals surface area contributed by atoms with Crippen molar-refractivity contribution < 1.29 is 13.9 Å². The highest BCUT2D eigenvalue weighted by atomic mass is 32.2. The summed E-state index contributed by atoms with van der Waals surface area (Å²) in [6, 6.07) is 19.4. The summed E-state index contributed by atoms with van der Waals surface area (Å²) in [7, 11) is 0. The summed E-state index contributed by atoms with van der Waals surface area (Å²) in [5, 5.41) is 8.77. The van der Waals surface area contributed by atoms with Gasteiger partial charge in [0.15, 0.2) is 11.0 Å². The monoisotopic (exact) mass is 420 g/mol. The molecule has 0 atom stereocenters. The molecule has 8 heteroatoms. The zero-order chi connectivity index (χ0) is 20.8. The number of halogens is 1. The normalized spacial score (nSPS) is 10.7. The first-order valence-electron chi connectivity index (χ1n) is 9.15. The Balaban J connectivity index is 1.55. The minimum absolute atomic E-state index is 0.0203. The summed E-state index contributed by atoms with van der Waals surface area (Å²) in [6.07, 6.45) is 3.27. The van der Waals surface area contributed by atoms with Crippen molar-refractivity contribution in [3.63, 3.8) is 0 Å². The van der Waals surface area contributed by atoms with Gasteiger partial charge in [-0.05, 0) is 29.8 Å². The summed E-state index contributed by atoms with van der Waals surface area (Å²) < 4.78 is 21.4. The van der Waals surface area contributed by atoms with Crippen molar-refractivity contribution in [2.24, 2.45) is 0 Å². The molecule has 4 aromatic rings. The summed E-state index contributed by atoms with van der Waals surface area (Å²) in [6.45, 7) is 0.196. The molecular formula is C22H17FN4O2S. The molecule has 0 spiro atoms. The van der Waals surface area contributed by atoms with E-state index in [1.807, 2.05) is 36.4 Å². The number of carbonyl (C=O) groups is 1. The maximum atomic E-state index is 14.5. The third-order valence-corrected chi connectivity index (χ3v) is 5.11. The van der Waals surface area contributed by atoms with Crippen LogP contribution in [-0.4, -0.2) is 31.5 Å². The summed E-state index contributed by atoms with van der Waals surface area (Å²) >= 11 is 1.14. The molecule has 0 aliphatic heterocycles. The maximum absolute atomic E-state index is 14.5. The second kappa shape index (κ2) is 9.32. The van der Waals surface area contributed by atoms with Crippen molar-refractivity contribution in [2.45, 2.75) is 11.8 Å². The van der Waals surface area contributed by atoms with Crippen LogP contribution in [0.4, 0.5) is 4.39 Å². The van der Waals surface area contributed by atoms with Gasteiger partial charge in [-0.15, -0.1) is 10.2 Å². The van der Waals surface area contributed by atoms with E-state index in [0.717, 1.165) is 17.3 Å². The minimum Gasteiger partial charge on any atom is -0.460 e. The molecule has 0 N–H and O–H groups in total. The molecule has 0 saturated carbocycles. The number of para-hydroxylation sites is 1. The standard InChI is InChI=1S/C22H17FN4O2S/c23-18-10-4-5-11-19(18)27-21(17-9-6-12-24-13-17)25-26-22(27)30-15-20(28)29-14-16-7-2-1-3-8-16/h1-13H,14-15H2. The lowest BCUT2D eigenvalue weighted by Crippen LogP contribution is -2.09. The van der Waals surface area contributed by atoms with E-state index in [2.05, 4.69) is 15.2 Å². The zero-order valence-corrected chi connectivity index (χ0v) is 16.6. The van der Waals surface area contributed by atoms with E-state index in [4.69, 9.17) is 4.74 Å². The number of thioether (sulfide) groups is 1. The molecule has 30 heavy (non-hydrogen) atoms. The fourth-order valence-electron chi connectivity index (χ4n) is 2.80. The van der Waals surface area contributed by atoms with Crippen molar-refractivity contribution in [1.82, 2.24) is 19.7 Å². The van der Waals surface area contributed by atoms with Crippen molar-refractivity contribution in [2.75, 3.05) is 5.75 Å². The lowest BCUT2D eigenvalue weighted by molar-refractivity contribution is -0.141. The smallest absolute Gasteiger partial charge is 0.316 e. The molecule has 4 rings (SSSR count). The number of nitrogens with zero attached hydrogens (tertiary/aromatic N) is 4. The molecule has 0 saturated heterocycles. The van der Waals surface area contributed by atoms with E-state index in [9.17, 15) is 9.18 Å². The first-order chi connectivity index (χ1) is 14.7. The lowest BCUT2D eigenvalue weighted by Gasteiger charge is -2.11. The fraction of sp³-hybridized carbons (Fsp3) is 0.0909. The van der Waals surface area contributed by atoms with Crippen LogP contribution in [-0.2, 0) is 16.1 Å². The lowest BCUT2D eigenvalue weighted by atomic mass is 10.2. The number of aromatic nitrogens is 4. The van der Waals surface area contributed by atoms with Gasteiger partial charge in [0.25, 0.3) is 0 Å². The van der Waals surface area contributed by atoms with Gasteiger partial charge < -0.3 is 4.74 Å². The molecule has 0 aliphatic rings. The Hall–Kier alpha value is -3.52. The largest absolute Gasteiger partial charge is 0.460 e. The van der Waals surface area contributed by atoms with Gasteiger partial charge in [-0.3, -0.25) is 14.3 Å². The number of ether oxygens (including phenoxy) is 1. The van der Waals surface area contributed by atoms with Crippen LogP contribution in [0.3, 0.4) is 0 Å². The van der Waals surface area contributed by atoms with Crippen LogP contribution in [0, 0.1) is 5.82 Å². The number of carbonyl (C=O) groups excluding carboxylic acids is 1. The van der Waals surface area contributed by atoms with E-state index in [1.54, 1.807) is 41.2 Å². The van der Waals surface area contributed by atoms with E-state index in [-0.39, 0.29) is 12.4 Å². The predicted octanol–water partition coefficient (Wildman–Crippen LogP) is 4.30. The Labute approximate surface area is 176 Å². The van der Waals surface area contributed by atoms with Crippen molar-refractivity contribution in [1.29, 1.82) is 0 Å². The molecule has 0 aliphatic carbocycles. The highest BCUT2D eigenvalue weighted by Crippen LogP contribution is 2.28. The Kier molecular flexibility index (Phi) is 6.14. The third-order valence-electron chi connectivity index (χ3n) is 4.21. The van der Waals surface area contributed by atoms with Gasteiger partial charge in [-0.25, -0.2) is 4.39 Å². The molecule has 0 bridgehead atoms. The SMILES string of the molecule is O=C(CSc1nnc(-c2cccnc2)n1-c1ccccc1F)OCc1ccccc1. The topological polar surface area (TPSA) is 69.9 Å². The van der Waals surface area contributed by atoms with Crippen LogP contribution in [0.2, 0.25) is 0 Å². The Morgan fingerprint density at radius 2 is 1.80 bits per heavy atom. The number of rotatable bonds is 7. The van der Waals surface area contributed by atoms with Crippen LogP contribution in [0.15, 0.2) is 84.3 Å². The molecule has 6 nitrogen and oxygen atoms in total. The van der Waals surface area contributed by atoms with Crippen LogP contribution in [0.25, 0.3) is 17.1 Å². The summed E-state index contributed by atoms with van der Waals surface area (Å²) in [5.41, 5.74) is 1.89. The quantitative estimate of drug-likeness (QED) is 0.328. The maximum Gasteiger partial charge on any atom is 0.316 e. The fourth-order valence-corrected chi connectivity index (χ4v) is 3.54. The second-order valence-electron chi connectivity index (χ2n) is 6.27. The van der Waals surface area contributed by atoms with E-state index in [0.29, 0.717) is 22.2 Å². The van der Waals surface area contributed by atoms with Gasteiger partial charge in [-0.1, -0.05) is 54.2 Å². The number of hydrogen-bond donors (Lipinski definition) is 0. The van der Waals surface area contributed by atoms with Crippen LogP contribution < -0.4 is 0 Å². The molecule has 2 aromatic carbocycles. The number of pyridine rings is 1. The highest BCUT2D eigenvalue weighted by molar-refractivity contribution is 7.99. The summed E-state index contributed by atoms with van der Waals surface area (Å²) in [5.74, 6) is -0.355. The first kappa shape index (κ1) is 19.8. The Morgan fingerprint density at radius 3 is 2.57 bits per heavy atom. The molecule has 0 unspecified atom stereocenters. The van der Waals surface area contributed by atoms with Crippen molar-refractivity contribution in [3.05, 3.63) is 90.5 Å². The number of esters is 1. The van der Waals surface area contributed by atoms with Gasteiger partial charge in [0.05, 0.1) is 11.4 Å². The van der Waals surface area contributed by atoms with Crippen LogP contribution >= 0.6 is 11.8 Å². The van der Waals surface area contributed by atoms with Gasteiger partial charge in [-0.2, -0.15) is 0 Å². The van der Waals surface area contributed by atoms with Crippen molar-refractivity contribution in [3.8, 4) is 17.1 Å². The van der Waals surface area contributed by atoms with Gasteiger partial charge >= 0.3 is 5.97 Å². The minimum atomic E-state index is -0.420. The van der Waals surface area contributed by atoms with Crippen LogP contribution in [0.5, 0.6) is 0 Å². The third kappa shape index (κ3) is 4.55. The molecule has 150 valence electrons. The average Bonchev–Trinajstić information content (AvgIpc) is 3.21. The second-order valence-corrected chi connectivity index (χ2v) is 7.21.